The highest BCUT2D eigenvalue weighted by atomic mass is 16.5. The lowest BCUT2D eigenvalue weighted by Crippen LogP contribution is -2.12. The maximum atomic E-state index is 12.4. The Bertz CT molecular complexity index is 721. The number of hydrogen-bond acceptors (Lipinski definition) is 6. The number of amides is 1. The van der Waals surface area contributed by atoms with Crippen molar-refractivity contribution in [1.82, 2.24) is 0 Å². The Labute approximate surface area is 140 Å². The molecule has 3 N–H and O–H groups in total. The van der Waals surface area contributed by atoms with Crippen LogP contribution in [0.1, 0.15) is 10.4 Å². The number of rotatable bonds is 6. The predicted molar refractivity (Wildman–Crippen MR) is 91.7 cm³/mol. The number of anilines is 2. The molecule has 7 heteroatoms. The van der Waals surface area contributed by atoms with Crippen LogP contribution in [0.2, 0.25) is 0 Å². The molecule has 0 saturated heterocycles. The molecule has 0 aromatic heterocycles. The highest BCUT2D eigenvalue weighted by Crippen LogP contribution is 2.40. The minimum Gasteiger partial charge on any atom is -0.506 e. The smallest absolute Gasteiger partial charge is 0.255 e. The molecular formula is C17H20N2O5. The van der Waals surface area contributed by atoms with Gasteiger partial charge in [0.1, 0.15) is 5.75 Å². The number of ether oxygens (including phenoxy) is 3. The summed E-state index contributed by atoms with van der Waals surface area (Å²) >= 11 is 0. The zero-order chi connectivity index (χ0) is 17.7. The van der Waals surface area contributed by atoms with Gasteiger partial charge >= 0.3 is 0 Å². The van der Waals surface area contributed by atoms with Gasteiger partial charge < -0.3 is 30.0 Å². The van der Waals surface area contributed by atoms with Gasteiger partial charge in [-0.3, -0.25) is 4.79 Å². The molecular weight excluding hydrogens is 312 g/mol. The second kappa shape index (κ2) is 7.45. The second-order valence-corrected chi connectivity index (χ2v) is 4.85. The molecule has 0 aliphatic rings. The third-order valence-electron chi connectivity index (χ3n) is 3.45. The van der Waals surface area contributed by atoms with Gasteiger partial charge in [-0.2, -0.15) is 0 Å². The summed E-state index contributed by atoms with van der Waals surface area (Å²) in [6, 6.07) is 7.82. The standard InChI is InChI=1S/C17H20N2O5/c1-18-12-7-10(5-6-13(12)20)17(21)19-11-8-14(22-2)16(24-4)15(9-11)23-3/h5-9,18,20H,1-4H3,(H,19,21). The van der Waals surface area contributed by atoms with Gasteiger partial charge in [-0.05, 0) is 18.2 Å². The van der Waals surface area contributed by atoms with Crippen LogP contribution in [0.4, 0.5) is 11.4 Å². The van der Waals surface area contributed by atoms with Gasteiger partial charge in [0.2, 0.25) is 5.75 Å². The molecule has 0 aliphatic carbocycles. The highest BCUT2D eigenvalue weighted by molar-refractivity contribution is 6.05. The van der Waals surface area contributed by atoms with Gasteiger partial charge in [-0.1, -0.05) is 0 Å². The summed E-state index contributed by atoms with van der Waals surface area (Å²) in [4.78, 5) is 12.4. The average molecular weight is 332 g/mol. The zero-order valence-corrected chi connectivity index (χ0v) is 14.0. The lowest BCUT2D eigenvalue weighted by atomic mass is 10.1. The van der Waals surface area contributed by atoms with E-state index >= 15 is 0 Å². The Morgan fingerprint density at radius 3 is 2.12 bits per heavy atom. The lowest BCUT2D eigenvalue weighted by Gasteiger charge is -2.15. The quantitative estimate of drug-likeness (QED) is 0.705. The molecule has 128 valence electrons. The second-order valence-electron chi connectivity index (χ2n) is 4.85. The van der Waals surface area contributed by atoms with Crippen molar-refractivity contribution in [1.29, 1.82) is 0 Å². The summed E-state index contributed by atoms with van der Waals surface area (Å²) in [5, 5.41) is 15.2. The van der Waals surface area contributed by atoms with Crippen molar-refractivity contribution >= 4 is 17.3 Å². The third kappa shape index (κ3) is 3.45. The fourth-order valence-corrected chi connectivity index (χ4v) is 2.23. The van der Waals surface area contributed by atoms with E-state index in [-0.39, 0.29) is 11.7 Å². The first-order chi connectivity index (χ1) is 11.5. The maximum absolute atomic E-state index is 12.4. The third-order valence-corrected chi connectivity index (χ3v) is 3.45. The minimum atomic E-state index is -0.333. The fourth-order valence-electron chi connectivity index (χ4n) is 2.23. The van der Waals surface area contributed by atoms with Crippen LogP contribution < -0.4 is 24.8 Å². The number of methoxy groups -OCH3 is 3. The van der Waals surface area contributed by atoms with Crippen molar-refractivity contribution in [3.63, 3.8) is 0 Å². The first-order valence-corrected chi connectivity index (χ1v) is 7.16. The maximum Gasteiger partial charge on any atom is 0.255 e. The van der Waals surface area contributed by atoms with Crippen molar-refractivity contribution in [3.8, 4) is 23.0 Å². The summed E-state index contributed by atoms with van der Waals surface area (Å²) in [5.41, 5.74) is 1.35. The lowest BCUT2D eigenvalue weighted by molar-refractivity contribution is 0.102. The number of phenolic OH excluding ortho intramolecular Hbond substituents is 1. The number of benzene rings is 2. The van der Waals surface area contributed by atoms with Crippen LogP contribution in [-0.2, 0) is 0 Å². The monoisotopic (exact) mass is 332 g/mol. The molecule has 0 saturated carbocycles. The summed E-state index contributed by atoms with van der Waals surface area (Å²) in [6.45, 7) is 0. The summed E-state index contributed by atoms with van der Waals surface area (Å²) < 4.78 is 15.8. The molecule has 0 fully saturated rings. The van der Waals surface area contributed by atoms with Crippen LogP contribution in [0.3, 0.4) is 0 Å². The van der Waals surface area contributed by atoms with E-state index in [1.54, 1.807) is 25.2 Å². The molecule has 0 bridgehead atoms. The van der Waals surface area contributed by atoms with Crippen LogP contribution in [0.25, 0.3) is 0 Å². The first kappa shape index (κ1) is 17.3. The van der Waals surface area contributed by atoms with Crippen LogP contribution >= 0.6 is 0 Å². The fraction of sp³-hybridized carbons (Fsp3) is 0.235. The van der Waals surface area contributed by atoms with E-state index in [0.29, 0.717) is 34.2 Å². The van der Waals surface area contributed by atoms with Crippen molar-refractivity contribution in [3.05, 3.63) is 35.9 Å². The van der Waals surface area contributed by atoms with Gasteiger partial charge in [0.15, 0.2) is 11.5 Å². The Balaban J connectivity index is 2.32. The van der Waals surface area contributed by atoms with E-state index in [1.165, 1.54) is 33.5 Å². The van der Waals surface area contributed by atoms with Gasteiger partial charge in [0, 0.05) is 30.4 Å². The van der Waals surface area contributed by atoms with E-state index in [4.69, 9.17) is 14.2 Å². The van der Waals surface area contributed by atoms with Crippen LogP contribution in [0.5, 0.6) is 23.0 Å². The molecule has 0 aliphatic heterocycles. The number of carbonyl (C=O) groups is 1. The molecule has 0 unspecified atom stereocenters. The molecule has 7 nitrogen and oxygen atoms in total. The first-order valence-electron chi connectivity index (χ1n) is 7.16. The molecule has 2 aromatic carbocycles. The molecule has 24 heavy (non-hydrogen) atoms. The Kier molecular flexibility index (Phi) is 5.36. The van der Waals surface area contributed by atoms with Crippen molar-refractivity contribution in [2.24, 2.45) is 0 Å². The molecule has 2 rings (SSSR count). The Hall–Kier alpha value is -3.09. The van der Waals surface area contributed by atoms with Gasteiger partial charge in [-0.25, -0.2) is 0 Å². The molecule has 0 heterocycles. The van der Waals surface area contributed by atoms with Crippen LogP contribution in [0.15, 0.2) is 30.3 Å². The number of phenols is 1. The Morgan fingerprint density at radius 1 is 1.00 bits per heavy atom. The van der Waals surface area contributed by atoms with Crippen LogP contribution in [-0.4, -0.2) is 39.4 Å². The predicted octanol–water partition coefficient (Wildman–Crippen LogP) is 2.71. The zero-order valence-electron chi connectivity index (χ0n) is 14.0. The SMILES string of the molecule is CNc1cc(C(=O)Nc2cc(OC)c(OC)c(OC)c2)ccc1O. The summed E-state index contributed by atoms with van der Waals surface area (Å²) in [7, 11) is 6.18. The topological polar surface area (TPSA) is 89.1 Å². The number of aromatic hydroxyl groups is 1. The van der Waals surface area contributed by atoms with Crippen molar-refractivity contribution in [2.45, 2.75) is 0 Å². The van der Waals surface area contributed by atoms with E-state index in [9.17, 15) is 9.90 Å². The number of nitrogens with one attached hydrogen (secondary N) is 2. The largest absolute Gasteiger partial charge is 0.506 e. The highest BCUT2D eigenvalue weighted by Gasteiger charge is 2.15. The van der Waals surface area contributed by atoms with Gasteiger partial charge in [-0.15, -0.1) is 0 Å². The molecule has 2 aromatic rings. The Morgan fingerprint density at radius 2 is 1.62 bits per heavy atom. The van der Waals surface area contributed by atoms with Gasteiger partial charge in [0.05, 0.1) is 27.0 Å². The molecule has 0 radical (unpaired) electrons. The van der Waals surface area contributed by atoms with Crippen molar-refractivity contribution < 1.29 is 24.1 Å². The van der Waals surface area contributed by atoms with Crippen molar-refractivity contribution in [2.75, 3.05) is 39.0 Å². The van der Waals surface area contributed by atoms with Gasteiger partial charge in [0.25, 0.3) is 5.91 Å². The van der Waals surface area contributed by atoms with E-state index in [1.807, 2.05) is 0 Å². The molecule has 1 amide bonds. The van der Waals surface area contributed by atoms with E-state index < -0.39 is 0 Å². The average Bonchev–Trinajstić information content (AvgIpc) is 2.60. The summed E-state index contributed by atoms with van der Waals surface area (Å²) in [6.07, 6.45) is 0. The molecule has 0 atom stereocenters. The van der Waals surface area contributed by atoms with E-state index in [2.05, 4.69) is 10.6 Å². The number of carbonyl (C=O) groups excluding carboxylic acids is 1. The normalized spacial score (nSPS) is 10.0. The summed E-state index contributed by atoms with van der Waals surface area (Å²) in [5.74, 6) is 1.06. The number of hydrogen-bond donors (Lipinski definition) is 3. The molecule has 0 spiro atoms. The van der Waals surface area contributed by atoms with Crippen LogP contribution in [0, 0.1) is 0 Å². The minimum absolute atomic E-state index is 0.0711. The van der Waals surface area contributed by atoms with E-state index in [0.717, 1.165) is 0 Å².